The van der Waals surface area contributed by atoms with Gasteiger partial charge in [0.05, 0.1) is 18.9 Å². The summed E-state index contributed by atoms with van der Waals surface area (Å²) in [6, 6.07) is 5.79. The van der Waals surface area contributed by atoms with Crippen molar-refractivity contribution in [2.75, 3.05) is 44.3 Å². The van der Waals surface area contributed by atoms with Crippen molar-refractivity contribution >= 4 is 5.95 Å². The van der Waals surface area contributed by atoms with Crippen molar-refractivity contribution in [3.63, 3.8) is 0 Å². The molecule has 3 heterocycles. The zero-order valence-corrected chi connectivity index (χ0v) is 15.0. The Kier molecular flexibility index (Phi) is 5.18. The summed E-state index contributed by atoms with van der Waals surface area (Å²) < 4.78 is 32.7. The van der Waals surface area contributed by atoms with E-state index in [0.29, 0.717) is 50.9 Å². The largest absolute Gasteiger partial charge is 0.378 e. The number of likely N-dealkylation sites (tertiary alicyclic amines) is 1. The molecule has 0 saturated carbocycles. The molecule has 0 radical (unpaired) electrons. The molecule has 4 rings (SSSR count). The van der Waals surface area contributed by atoms with Crippen molar-refractivity contribution < 1.29 is 13.5 Å². The Hall–Kier alpha value is -2.32. The maximum atomic E-state index is 13.9. The van der Waals surface area contributed by atoms with Gasteiger partial charge in [0.15, 0.2) is 11.6 Å². The van der Waals surface area contributed by atoms with E-state index in [1.54, 1.807) is 12.1 Å². The quantitative estimate of drug-likeness (QED) is 0.883. The van der Waals surface area contributed by atoms with Gasteiger partial charge in [-0.05, 0) is 19.0 Å². The van der Waals surface area contributed by atoms with Crippen LogP contribution in [0.1, 0.15) is 23.6 Å². The van der Waals surface area contributed by atoms with Gasteiger partial charge in [-0.15, -0.1) is 0 Å². The number of benzene rings is 1. The summed E-state index contributed by atoms with van der Waals surface area (Å²) in [5, 5.41) is 0. The lowest BCUT2D eigenvalue weighted by atomic mass is 10.0. The maximum absolute atomic E-state index is 13.9. The average Bonchev–Trinajstić information content (AvgIpc) is 3.14. The number of rotatable bonds is 4. The van der Waals surface area contributed by atoms with Gasteiger partial charge >= 0.3 is 0 Å². The highest BCUT2D eigenvalue weighted by atomic mass is 19.2. The Morgan fingerprint density at radius 3 is 2.85 bits per heavy atom. The van der Waals surface area contributed by atoms with Crippen LogP contribution >= 0.6 is 0 Å². The van der Waals surface area contributed by atoms with Crippen LogP contribution in [0.15, 0.2) is 29.1 Å². The van der Waals surface area contributed by atoms with E-state index in [9.17, 15) is 13.6 Å². The first-order chi connectivity index (χ1) is 13.1. The van der Waals surface area contributed by atoms with Crippen LogP contribution in [0.5, 0.6) is 0 Å². The summed E-state index contributed by atoms with van der Waals surface area (Å²) in [5.41, 5.74) is 0.932. The Balaban J connectivity index is 1.47. The van der Waals surface area contributed by atoms with Gasteiger partial charge in [0.1, 0.15) is 0 Å². The summed E-state index contributed by atoms with van der Waals surface area (Å²) in [6.07, 6.45) is 0.829. The third kappa shape index (κ3) is 4.01. The van der Waals surface area contributed by atoms with E-state index < -0.39 is 11.6 Å². The zero-order valence-electron chi connectivity index (χ0n) is 15.0. The first-order valence-corrected chi connectivity index (χ1v) is 9.19. The number of nitrogens with one attached hydrogen (secondary N) is 1. The number of ether oxygens (including phenoxy) is 1. The van der Waals surface area contributed by atoms with Crippen LogP contribution in [-0.2, 0) is 11.3 Å². The highest BCUT2D eigenvalue weighted by Gasteiger charge is 2.27. The second-order valence-electron chi connectivity index (χ2n) is 7.03. The molecule has 6 nitrogen and oxygen atoms in total. The Morgan fingerprint density at radius 2 is 2.04 bits per heavy atom. The lowest BCUT2D eigenvalue weighted by Crippen LogP contribution is -2.38. The highest BCUT2D eigenvalue weighted by Crippen LogP contribution is 2.28. The summed E-state index contributed by atoms with van der Waals surface area (Å²) in [5.74, 6) is -0.932. The fourth-order valence-corrected chi connectivity index (χ4v) is 3.73. The molecule has 2 fully saturated rings. The van der Waals surface area contributed by atoms with Crippen molar-refractivity contribution in [1.29, 1.82) is 0 Å². The minimum Gasteiger partial charge on any atom is -0.378 e. The first-order valence-electron chi connectivity index (χ1n) is 9.19. The molecule has 144 valence electrons. The molecule has 1 N–H and O–H groups in total. The normalized spacial score (nSPS) is 21.0. The molecule has 8 heteroatoms. The summed E-state index contributed by atoms with van der Waals surface area (Å²) in [7, 11) is 0. The van der Waals surface area contributed by atoms with E-state index in [1.807, 2.05) is 4.90 Å². The van der Waals surface area contributed by atoms with Crippen molar-refractivity contribution in [3.05, 3.63) is 57.5 Å². The van der Waals surface area contributed by atoms with Gasteiger partial charge in [0.25, 0.3) is 5.56 Å². The predicted octanol–water partition coefficient (Wildman–Crippen LogP) is 1.87. The molecule has 0 aliphatic carbocycles. The van der Waals surface area contributed by atoms with Crippen molar-refractivity contribution in [3.8, 4) is 0 Å². The highest BCUT2D eigenvalue weighted by molar-refractivity contribution is 5.32. The molecular weight excluding hydrogens is 354 g/mol. The molecule has 27 heavy (non-hydrogen) atoms. The van der Waals surface area contributed by atoms with E-state index in [0.717, 1.165) is 24.7 Å². The number of hydrogen-bond donors (Lipinski definition) is 1. The SMILES string of the molecule is O=c1cc(C2CCN(Cc3cccc(F)c3F)C2)nc(N2CCOCC2)[nH]1. The monoisotopic (exact) mass is 376 g/mol. The van der Waals surface area contributed by atoms with Crippen LogP contribution in [0, 0.1) is 11.6 Å². The number of anilines is 1. The van der Waals surface area contributed by atoms with E-state index >= 15 is 0 Å². The number of aromatic amines is 1. The lowest BCUT2D eigenvalue weighted by molar-refractivity contribution is 0.122. The van der Waals surface area contributed by atoms with Crippen LogP contribution in [0.25, 0.3) is 0 Å². The Bertz CT molecular complexity index is 867. The van der Waals surface area contributed by atoms with Gasteiger partial charge in [0.2, 0.25) is 5.95 Å². The average molecular weight is 376 g/mol. The molecule has 2 saturated heterocycles. The van der Waals surface area contributed by atoms with Crippen molar-refractivity contribution in [2.45, 2.75) is 18.9 Å². The standard InChI is InChI=1S/C19H22F2N4O2/c20-15-3-1-2-14(18(15)21)12-24-5-4-13(11-24)16-10-17(26)23-19(22-16)25-6-8-27-9-7-25/h1-3,10,13H,4-9,11-12H2,(H,22,23,26). The minimum absolute atomic E-state index is 0.101. The number of morpholine rings is 1. The molecule has 2 aromatic rings. The molecule has 1 unspecified atom stereocenters. The van der Waals surface area contributed by atoms with Crippen molar-refractivity contribution in [2.24, 2.45) is 0 Å². The second kappa shape index (κ2) is 7.74. The summed E-state index contributed by atoms with van der Waals surface area (Å²) >= 11 is 0. The number of nitrogens with zero attached hydrogens (tertiary/aromatic N) is 3. The fourth-order valence-electron chi connectivity index (χ4n) is 3.73. The van der Waals surface area contributed by atoms with Gasteiger partial charge in [-0.25, -0.2) is 13.8 Å². The maximum Gasteiger partial charge on any atom is 0.252 e. The lowest BCUT2D eigenvalue weighted by Gasteiger charge is -2.27. The van der Waals surface area contributed by atoms with E-state index in [4.69, 9.17) is 4.74 Å². The molecule has 0 spiro atoms. The molecule has 2 aliphatic rings. The Morgan fingerprint density at radius 1 is 1.22 bits per heavy atom. The topological polar surface area (TPSA) is 61.5 Å². The molecular formula is C19H22F2N4O2. The number of aromatic nitrogens is 2. The molecule has 1 aromatic heterocycles. The van der Waals surface area contributed by atoms with Gasteiger partial charge < -0.3 is 9.64 Å². The Labute approximate surface area is 155 Å². The molecule has 0 bridgehead atoms. The number of H-pyrrole nitrogens is 1. The third-order valence-corrected chi connectivity index (χ3v) is 5.18. The van der Waals surface area contributed by atoms with Crippen LogP contribution in [0.2, 0.25) is 0 Å². The van der Waals surface area contributed by atoms with Crippen LogP contribution < -0.4 is 10.5 Å². The summed E-state index contributed by atoms with van der Waals surface area (Å²) in [4.78, 5) is 23.7. The molecule has 1 atom stereocenters. The second-order valence-corrected chi connectivity index (χ2v) is 7.03. The van der Waals surface area contributed by atoms with Crippen LogP contribution in [0.3, 0.4) is 0 Å². The zero-order chi connectivity index (χ0) is 18.8. The number of halogens is 2. The molecule has 1 aromatic carbocycles. The summed E-state index contributed by atoms with van der Waals surface area (Å²) in [6.45, 7) is 4.38. The van der Waals surface area contributed by atoms with E-state index in [-0.39, 0.29) is 11.5 Å². The van der Waals surface area contributed by atoms with Crippen LogP contribution in [0.4, 0.5) is 14.7 Å². The fraction of sp³-hybridized carbons (Fsp3) is 0.474. The van der Waals surface area contributed by atoms with E-state index in [2.05, 4.69) is 14.9 Å². The van der Waals surface area contributed by atoms with Gasteiger partial charge in [-0.3, -0.25) is 14.7 Å². The molecule has 0 amide bonds. The number of hydrogen-bond acceptors (Lipinski definition) is 5. The third-order valence-electron chi connectivity index (χ3n) is 5.18. The van der Waals surface area contributed by atoms with Crippen molar-refractivity contribution in [1.82, 2.24) is 14.9 Å². The predicted molar refractivity (Wildman–Crippen MR) is 96.9 cm³/mol. The van der Waals surface area contributed by atoms with Gasteiger partial charge in [-0.2, -0.15) is 0 Å². The van der Waals surface area contributed by atoms with Crippen LogP contribution in [-0.4, -0.2) is 54.3 Å². The van der Waals surface area contributed by atoms with Gasteiger partial charge in [0, 0.05) is 43.7 Å². The smallest absolute Gasteiger partial charge is 0.252 e. The minimum atomic E-state index is -0.824. The van der Waals surface area contributed by atoms with Gasteiger partial charge in [-0.1, -0.05) is 12.1 Å². The molecule has 2 aliphatic heterocycles. The van der Waals surface area contributed by atoms with E-state index in [1.165, 1.54) is 6.07 Å². The first kappa shape index (κ1) is 18.1.